The Hall–Kier alpha value is -1.82. The first-order chi connectivity index (χ1) is 11.4. The van der Waals surface area contributed by atoms with Crippen LogP contribution in [0.3, 0.4) is 0 Å². The second-order valence-electron chi connectivity index (χ2n) is 5.07. The molecule has 0 atom stereocenters. The van der Waals surface area contributed by atoms with Gasteiger partial charge in [0.25, 0.3) is 11.1 Å². The van der Waals surface area contributed by atoms with Gasteiger partial charge < -0.3 is 0 Å². The van der Waals surface area contributed by atoms with Crippen molar-refractivity contribution in [2.24, 2.45) is 0 Å². The Morgan fingerprint density at radius 2 is 1.75 bits per heavy atom. The lowest BCUT2D eigenvalue weighted by molar-refractivity contribution is -0.123. The lowest BCUT2D eigenvalue weighted by atomic mass is 10.2. The number of carbonyl (C=O) groups excluding carboxylic acids is 2. The summed E-state index contributed by atoms with van der Waals surface area (Å²) < 4.78 is 12.9. The normalized spacial score (nSPS) is 16.3. The van der Waals surface area contributed by atoms with Gasteiger partial charge in [-0.25, -0.2) is 4.39 Å². The van der Waals surface area contributed by atoms with Gasteiger partial charge >= 0.3 is 0 Å². The zero-order chi connectivity index (χ0) is 17.3. The Kier molecular flexibility index (Phi) is 4.94. The summed E-state index contributed by atoms with van der Waals surface area (Å²) in [7, 11) is 0. The van der Waals surface area contributed by atoms with Crippen LogP contribution in [0, 0.1) is 5.82 Å². The molecule has 1 heterocycles. The van der Waals surface area contributed by atoms with Crippen molar-refractivity contribution in [2.45, 2.75) is 6.54 Å². The summed E-state index contributed by atoms with van der Waals surface area (Å²) in [4.78, 5) is 26.0. The van der Waals surface area contributed by atoms with Crippen LogP contribution in [0.1, 0.15) is 11.1 Å². The average molecular weight is 382 g/mol. The van der Waals surface area contributed by atoms with Crippen LogP contribution in [0.15, 0.2) is 47.4 Å². The molecule has 122 valence electrons. The van der Waals surface area contributed by atoms with E-state index in [1.54, 1.807) is 36.4 Å². The van der Waals surface area contributed by atoms with Gasteiger partial charge in [-0.1, -0.05) is 41.4 Å². The second-order valence-corrected chi connectivity index (χ2v) is 6.88. The quantitative estimate of drug-likeness (QED) is 0.670. The first-order valence-electron chi connectivity index (χ1n) is 6.89. The van der Waals surface area contributed by atoms with E-state index in [1.165, 1.54) is 12.1 Å². The van der Waals surface area contributed by atoms with E-state index in [4.69, 9.17) is 23.2 Å². The van der Waals surface area contributed by atoms with Crippen molar-refractivity contribution in [2.75, 3.05) is 0 Å². The molecular weight excluding hydrogens is 372 g/mol. The average Bonchev–Trinajstić information content (AvgIpc) is 2.81. The van der Waals surface area contributed by atoms with Gasteiger partial charge in [0.15, 0.2) is 0 Å². The van der Waals surface area contributed by atoms with Gasteiger partial charge in [-0.15, -0.1) is 0 Å². The molecule has 0 unspecified atom stereocenters. The molecule has 1 aliphatic rings. The number of rotatable bonds is 3. The van der Waals surface area contributed by atoms with Crippen LogP contribution < -0.4 is 0 Å². The molecule has 0 aromatic heterocycles. The molecule has 0 spiro atoms. The number of nitrogens with zero attached hydrogens (tertiary/aromatic N) is 1. The smallest absolute Gasteiger partial charge is 0.268 e. The highest BCUT2D eigenvalue weighted by molar-refractivity contribution is 8.18. The van der Waals surface area contributed by atoms with Gasteiger partial charge in [0.2, 0.25) is 0 Å². The summed E-state index contributed by atoms with van der Waals surface area (Å²) in [6.45, 7) is 0.113. The number of hydrogen-bond donors (Lipinski definition) is 0. The van der Waals surface area contributed by atoms with Crippen molar-refractivity contribution in [1.29, 1.82) is 0 Å². The summed E-state index contributed by atoms with van der Waals surface area (Å²) in [6, 6.07) is 10.6. The minimum atomic E-state index is -0.389. The molecule has 2 aromatic carbocycles. The molecule has 0 saturated carbocycles. The molecule has 2 aromatic rings. The number of hydrogen-bond acceptors (Lipinski definition) is 3. The summed E-state index contributed by atoms with van der Waals surface area (Å²) in [5.74, 6) is -0.750. The van der Waals surface area contributed by atoms with Crippen LogP contribution in [-0.4, -0.2) is 16.0 Å². The minimum absolute atomic E-state index is 0.113. The second kappa shape index (κ2) is 6.97. The maximum atomic E-state index is 12.9. The zero-order valence-corrected chi connectivity index (χ0v) is 14.5. The molecule has 24 heavy (non-hydrogen) atoms. The van der Waals surface area contributed by atoms with E-state index >= 15 is 0 Å². The van der Waals surface area contributed by atoms with E-state index in [9.17, 15) is 14.0 Å². The van der Waals surface area contributed by atoms with E-state index in [1.807, 2.05) is 0 Å². The molecular formula is C17H10Cl2FNO2S. The Balaban J connectivity index is 1.81. The largest absolute Gasteiger partial charge is 0.293 e. The molecule has 3 rings (SSSR count). The molecule has 1 saturated heterocycles. The third-order valence-electron chi connectivity index (χ3n) is 3.37. The van der Waals surface area contributed by atoms with Gasteiger partial charge in [0, 0.05) is 0 Å². The Morgan fingerprint density at radius 3 is 2.42 bits per heavy atom. The SMILES string of the molecule is O=C1S/C(=C/c2ccc(F)cc2)C(=O)N1Cc1ccc(Cl)c(Cl)c1. The lowest BCUT2D eigenvalue weighted by Gasteiger charge is -2.12. The van der Waals surface area contributed by atoms with E-state index in [0.29, 0.717) is 26.1 Å². The number of imide groups is 1. The number of halogens is 3. The van der Waals surface area contributed by atoms with Gasteiger partial charge in [0.05, 0.1) is 21.5 Å². The molecule has 1 fully saturated rings. The third-order valence-corrected chi connectivity index (χ3v) is 5.01. The van der Waals surface area contributed by atoms with Crippen LogP contribution >= 0.6 is 35.0 Å². The van der Waals surface area contributed by atoms with Gasteiger partial charge in [-0.05, 0) is 53.2 Å². The Labute approximate surface area is 152 Å². The molecule has 0 N–H and O–H groups in total. The molecule has 1 aliphatic heterocycles. The predicted molar refractivity (Wildman–Crippen MR) is 94.4 cm³/mol. The van der Waals surface area contributed by atoms with Crippen molar-refractivity contribution < 1.29 is 14.0 Å². The van der Waals surface area contributed by atoms with Crippen molar-refractivity contribution in [3.63, 3.8) is 0 Å². The zero-order valence-electron chi connectivity index (χ0n) is 12.1. The van der Waals surface area contributed by atoms with Gasteiger partial charge in [-0.3, -0.25) is 14.5 Å². The standard InChI is InChI=1S/C17H10Cl2FNO2S/c18-13-6-3-11(7-14(13)19)9-21-16(22)15(24-17(21)23)8-10-1-4-12(20)5-2-10/h1-8H,9H2/b15-8+. The van der Waals surface area contributed by atoms with Gasteiger partial charge in [-0.2, -0.15) is 0 Å². The first kappa shape index (κ1) is 17.0. The Morgan fingerprint density at radius 1 is 1.04 bits per heavy atom. The maximum absolute atomic E-state index is 12.9. The minimum Gasteiger partial charge on any atom is -0.268 e. The first-order valence-corrected chi connectivity index (χ1v) is 8.46. The Bertz CT molecular complexity index is 852. The van der Waals surface area contributed by atoms with Crippen LogP contribution in [0.5, 0.6) is 0 Å². The fraction of sp³-hybridized carbons (Fsp3) is 0.0588. The summed E-state index contributed by atoms with van der Waals surface area (Å²) in [6.07, 6.45) is 1.57. The molecule has 3 nitrogen and oxygen atoms in total. The third kappa shape index (κ3) is 3.64. The highest BCUT2D eigenvalue weighted by Crippen LogP contribution is 2.34. The number of benzene rings is 2. The predicted octanol–water partition coefficient (Wildman–Crippen LogP) is 5.37. The van der Waals surface area contributed by atoms with Crippen molar-refractivity contribution in [3.8, 4) is 0 Å². The highest BCUT2D eigenvalue weighted by atomic mass is 35.5. The molecule has 2 amide bonds. The van der Waals surface area contributed by atoms with E-state index in [2.05, 4.69) is 0 Å². The summed E-state index contributed by atoms with van der Waals surface area (Å²) in [5, 5.41) is 0.410. The van der Waals surface area contributed by atoms with E-state index in [0.717, 1.165) is 16.7 Å². The van der Waals surface area contributed by atoms with Crippen LogP contribution in [-0.2, 0) is 11.3 Å². The highest BCUT2D eigenvalue weighted by Gasteiger charge is 2.35. The topological polar surface area (TPSA) is 37.4 Å². The van der Waals surface area contributed by atoms with Crippen LogP contribution in [0.2, 0.25) is 10.0 Å². The van der Waals surface area contributed by atoms with Gasteiger partial charge in [0.1, 0.15) is 5.82 Å². The van der Waals surface area contributed by atoms with Crippen molar-refractivity contribution in [3.05, 3.63) is 74.4 Å². The fourth-order valence-corrected chi connectivity index (χ4v) is 3.33. The number of thioether (sulfide) groups is 1. The molecule has 7 heteroatoms. The fourth-order valence-electron chi connectivity index (χ4n) is 2.17. The summed E-state index contributed by atoms with van der Waals surface area (Å²) >= 11 is 12.7. The van der Waals surface area contributed by atoms with Crippen molar-refractivity contribution in [1.82, 2.24) is 4.90 Å². The van der Waals surface area contributed by atoms with Crippen LogP contribution in [0.4, 0.5) is 9.18 Å². The number of amides is 2. The summed E-state index contributed by atoms with van der Waals surface area (Å²) in [5.41, 5.74) is 1.35. The van der Waals surface area contributed by atoms with Crippen molar-refractivity contribution >= 4 is 52.2 Å². The molecule has 0 aliphatic carbocycles. The molecule has 0 bridgehead atoms. The molecule has 0 radical (unpaired) electrons. The monoisotopic (exact) mass is 381 g/mol. The number of carbonyl (C=O) groups is 2. The van der Waals surface area contributed by atoms with E-state index < -0.39 is 0 Å². The van der Waals surface area contributed by atoms with Crippen LogP contribution in [0.25, 0.3) is 6.08 Å². The maximum Gasteiger partial charge on any atom is 0.293 e. The van der Waals surface area contributed by atoms with E-state index in [-0.39, 0.29) is 23.5 Å². The lowest BCUT2D eigenvalue weighted by Crippen LogP contribution is -2.27.